The van der Waals surface area contributed by atoms with Crippen LogP contribution in [0.3, 0.4) is 0 Å². The van der Waals surface area contributed by atoms with Crippen LogP contribution in [-0.4, -0.2) is 40.9 Å². The van der Waals surface area contributed by atoms with Gasteiger partial charge in [-0.1, -0.05) is 12.1 Å². The number of piperidine rings is 1. The summed E-state index contributed by atoms with van der Waals surface area (Å²) in [5, 5.41) is 13.4. The number of fused-ring (bicyclic) bond motifs is 2. The van der Waals surface area contributed by atoms with E-state index in [2.05, 4.69) is 10.2 Å². The minimum atomic E-state index is -0.748. The molecule has 0 saturated carbocycles. The van der Waals surface area contributed by atoms with Gasteiger partial charge in [0.15, 0.2) is 17.2 Å². The van der Waals surface area contributed by atoms with Crippen LogP contribution in [0.25, 0.3) is 15.7 Å². The molecule has 2 aromatic carbocycles. The van der Waals surface area contributed by atoms with Gasteiger partial charge in [0.2, 0.25) is 12.7 Å². The summed E-state index contributed by atoms with van der Waals surface area (Å²) >= 11 is 0. The zero-order valence-corrected chi connectivity index (χ0v) is 17.2. The quantitative estimate of drug-likeness (QED) is 0.588. The van der Waals surface area contributed by atoms with Crippen LogP contribution in [0.1, 0.15) is 18.4 Å². The van der Waals surface area contributed by atoms with E-state index >= 15 is 0 Å². The van der Waals surface area contributed by atoms with Crippen molar-refractivity contribution in [2.75, 3.05) is 30.1 Å². The van der Waals surface area contributed by atoms with Crippen molar-refractivity contribution in [2.24, 2.45) is 5.92 Å². The molecule has 1 saturated heterocycles. The van der Waals surface area contributed by atoms with Gasteiger partial charge in [-0.05, 0) is 42.7 Å². The molecule has 0 bridgehead atoms. The van der Waals surface area contributed by atoms with Crippen molar-refractivity contribution in [1.29, 1.82) is 0 Å². The van der Waals surface area contributed by atoms with Gasteiger partial charge in [0.05, 0.1) is 18.0 Å². The summed E-state index contributed by atoms with van der Waals surface area (Å²) in [5.74, 6) is 1.57. The Kier molecular flexibility index (Phi) is 5.11. The van der Waals surface area contributed by atoms with Gasteiger partial charge in [0, 0.05) is 25.0 Å². The fourth-order valence-corrected chi connectivity index (χ4v) is 4.01. The van der Waals surface area contributed by atoms with Gasteiger partial charge in [-0.15, -0.1) is 0 Å². The van der Waals surface area contributed by atoms with Gasteiger partial charge >= 0.3 is 5.97 Å². The first kappa shape index (κ1) is 19.9. The number of carboxylic acids is 1. The van der Waals surface area contributed by atoms with E-state index in [0.717, 1.165) is 22.2 Å². The average molecular weight is 431 g/mol. The van der Waals surface area contributed by atoms with Crippen LogP contribution < -0.4 is 19.7 Å². The van der Waals surface area contributed by atoms with Crippen LogP contribution >= 0.6 is 0 Å². The van der Waals surface area contributed by atoms with Gasteiger partial charge in [0.1, 0.15) is 5.82 Å². The number of hydrogen-bond acceptors (Lipinski definition) is 7. The Hall–Kier alpha value is -4.06. The molecule has 0 radical (unpaired) electrons. The number of aromatic nitrogens is 2. The van der Waals surface area contributed by atoms with E-state index in [1.807, 2.05) is 29.2 Å². The van der Waals surface area contributed by atoms with Gasteiger partial charge < -0.3 is 24.8 Å². The largest absolute Gasteiger partial charge is 0.481 e. The molecule has 3 aromatic rings. The van der Waals surface area contributed by atoms with Crippen LogP contribution in [0.2, 0.25) is 0 Å². The Morgan fingerprint density at radius 2 is 1.97 bits per heavy atom. The van der Waals surface area contributed by atoms with Crippen LogP contribution in [-0.2, 0) is 11.3 Å². The number of rotatable bonds is 5. The van der Waals surface area contributed by atoms with Crippen LogP contribution in [0, 0.1) is 12.5 Å². The minimum Gasteiger partial charge on any atom is -0.481 e. The molecular formula is C23H21N5O4. The number of carboxylic acid groups (broad SMARTS) is 1. The summed E-state index contributed by atoms with van der Waals surface area (Å²) in [7, 11) is 0. The molecule has 3 heterocycles. The first-order valence-electron chi connectivity index (χ1n) is 10.4. The molecule has 0 atom stereocenters. The third kappa shape index (κ3) is 3.83. The molecule has 32 heavy (non-hydrogen) atoms. The number of benzene rings is 2. The maximum Gasteiger partial charge on any atom is 0.306 e. The third-order valence-corrected chi connectivity index (χ3v) is 5.82. The van der Waals surface area contributed by atoms with Crippen molar-refractivity contribution < 1.29 is 19.4 Å². The fourth-order valence-electron chi connectivity index (χ4n) is 4.01. The molecule has 0 unspecified atom stereocenters. The summed E-state index contributed by atoms with van der Waals surface area (Å²) in [4.78, 5) is 26.3. The second-order valence-corrected chi connectivity index (χ2v) is 7.83. The van der Waals surface area contributed by atoms with E-state index in [9.17, 15) is 9.90 Å². The van der Waals surface area contributed by atoms with Crippen molar-refractivity contribution in [3.8, 4) is 11.5 Å². The van der Waals surface area contributed by atoms with Crippen LogP contribution in [0.15, 0.2) is 36.4 Å². The van der Waals surface area contributed by atoms with Crippen molar-refractivity contribution >= 4 is 34.3 Å². The Bertz CT molecular complexity index is 1230. The summed E-state index contributed by atoms with van der Waals surface area (Å²) in [6.07, 6.45) is 1.13. The second-order valence-electron chi connectivity index (χ2n) is 7.83. The molecule has 0 amide bonds. The smallest absolute Gasteiger partial charge is 0.306 e. The van der Waals surface area contributed by atoms with Crippen LogP contribution in [0.5, 0.6) is 11.5 Å². The highest BCUT2D eigenvalue weighted by Gasteiger charge is 2.26. The Labute approximate surface area is 184 Å². The Morgan fingerprint density at radius 3 is 2.75 bits per heavy atom. The standard InChI is InChI=1S/C23H21N5O4/c1-24-16-3-4-18-17(11-16)21(25-12-14-2-5-19-20(10-14)32-13-31-19)27-23(26-18)28-8-6-15(7-9-28)22(29)30/h2-5,10-11,15H,6-9,12-13H2,(H,29,30)(H,25,26,27). The first-order chi connectivity index (χ1) is 15.6. The van der Waals surface area contributed by atoms with E-state index < -0.39 is 5.97 Å². The van der Waals surface area contributed by atoms with Gasteiger partial charge in [-0.3, -0.25) is 4.79 Å². The van der Waals surface area contributed by atoms with E-state index in [4.69, 9.17) is 26.0 Å². The highest BCUT2D eigenvalue weighted by molar-refractivity contribution is 5.92. The predicted molar refractivity (Wildman–Crippen MR) is 118 cm³/mol. The lowest BCUT2D eigenvalue weighted by Crippen LogP contribution is -2.37. The average Bonchev–Trinajstić information content (AvgIpc) is 3.30. The van der Waals surface area contributed by atoms with E-state index in [-0.39, 0.29) is 12.7 Å². The molecule has 0 spiro atoms. The number of aliphatic carboxylic acids is 1. The number of ether oxygens (including phenoxy) is 2. The Morgan fingerprint density at radius 1 is 1.16 bits per heavy atom. The molecule has 1 aromatic heterocycles. The summed E-state index contributed by atoms with van der Waals surface area (Å²) in [6.45, 7) is 9.24. The highest BCUT2D eigenvalue weighted by Crippen LogP contribution is 2.33. The van der Waals surface area contributed by atoms with Crippen LogP contribution in [0.4, 0.5) is 17.5 Å². The van der Waals surface area contributed by atoms with E-state index in [0.29, 0.717) is 55.7 Å². The second kappa shape index (κ2) is 8.23. The van der Waals surface area contributed by atoms with Gasteiger partial charge in [0.25, 0.3) is 0 Å². The molecule has 9 heteroatoms. The number of hydrogen-bond donors (Lipinski definition) is 2. The number of anilines is 2. The number of carbonyl (C=O) groups is 1. The van der Waals surface area contributed by atoms with Crippen molar-refractivity contribution in [3.63, 3.8) is 0 Å². The van der Waals surface area contributed by atoms with E-state index in [1.165, 1.54) is 0 Å². The molecular weight excluding hydrogens is 410 g/mol. The predicted octanol–water partition coefficient (Wildman–Crippen LogP) is 3.82. The monoisotopic (exact) mass is 431 g/mol. The van der Waals surface area contributed by atoms with Gasteiger partial charge in [-0.25, -0.2) is 9.83 Å². The highest BCUT2D eigenvalue weighted by atomic mass is 16.7. The molecule has 5 rings (SSSR count). The molecule has 2 N–H and O–H groups in total. The number of nitrogens with zero attached hydrogens (tertiary/aromatic N) is 4. The van der Waals surface area contributed by atoms with Crippen molar-refractivity contribution in [3.05, 3.63) is 53.4 Å². The maximum absolute atomic E-state index is 11.3. The molecule has 2 aliphatic heterocycles. The normalized spacial score (nSPS) is 15.5. The number of nitrogens with one attached hydrogen (secondary N) is 1. The first-order valence-corrected chi connectivity index (χ1v) is 10.4. The summed E-state index contributed by atoms with van der Waals surface area (Å²) < 4.78 is 10.8. The van der Waals surface area contributed by atoms with E-state index in [1.54, 1.807) is 12.1 Å². The summed E-state index contributed by atoms with van der Waals surface area (Å²) in [5.41, 5.74) is 2.25. The fraction of sp³-hybridized carbons (Fsp3) is 0.304. The maximum atomic E-state index is 11.3. The SMILES string of the molecule is [C-]#[N+]c1ccc2nc(N3CCC(C(=O)O)CC3)nc(NCc3ccc4c(c3)OCO4)c2c1. The van der Waals surface area contributed by atoms with Gasteiger partial charge in [-0.2, -0.15) is 4.98 Å². The van der Waals surface area contributed by atoms with Crippen molar-refractivity contribution in [1.82, 2.24) is 9.97 Å². The molecule has 162 valence electrons. The Balaban J connectivity index is 1.44. The lowest BCUT2D eigenvalue weighted by Gasteiger charge is -2.30. The molecule has 9 nitrogen and oxygen atoms in total. The minimum absolute atomic E-state index is 0.226. The zero-order chi connectivity index (χ0) is 22.1. The lowest BCUT2D eigenvalue weighted by atomic mass is 9.97. The third-order valence-electron chi connectivity index (χ3n) is 5.82. The topological polar surface area (TPSA) is 101 Å². The molecule has 0 aliphatic carbocycles. The summed E-state index contributed by atoms with van der Waals surface area (Å²) in [6, 6.07) is 11.1. The zero-order valence-electron chi connectivity index (χ0n) is 17.2. The molecule has 2 aliphatic rings. The lowest BCUT2D eigenvalue weighted by molar-refractivity contribution is -0.142. The van der Waals surface area contributed by atoms with Crippen molar-refractivity contribution in [2.45, 2.75) is 19.4 Å². The molecule has 1 fully saturated rings.